The van der Waals surface area contributed by atoms with E-state index in [1.54, 1.807) is 6.20 Å². The van der Waals surface area contributed by atoms with Crippen LogP contribution in [0.5, 0.6) is 0 Å². The fourth-order valence-corrected chi connectivity index (χ4v) is 5.11. The van der Waals surface area contributed by atoms with Gasteiger partial charge in [-0.05, 0) is 48.4 Å². The van der Waals surface area contributed by atoms with Gasteiger partial charge in [-0.25, -0.2) is 0 Å². The van der Waals surface area contributed by atoms with Crippen molar-refractivity contribution in [3.05, 3.63) is 54.4 Å². The first-order chi connectivity index (χ1) is 16.1. The van der Waals surface area contributed by atoms with Crippen LogP contribution in [-0.2, 0) is 20.7 Å². The fourth-order valence-electron chi connectivity index (χ4n) is 5.11. The summed E-state index contributed by atoms with van der Waals surface area (Å²) in [5, 5.41) is 0. The molecule has 0 spiro atoms. The van der Waals surface area contributed by atoms with Crippen molar-refractivity contribution in [3.63, 3.8) is 0 Å². The van der Waals surface area contributed by atoms with Crippen LogP contribution in [0, 0.1) is 5.92 Å². The second-order valence-corrected chi connectivity index (χ2v) is 9.23. The smallest absolute Gasteiger partial charge is 0.257 e. The largest absolute Gasteiger partial charge is 0.361 e. The monoisotopic (exact) mass is 449 g/mol. The van der Waals surface area contributed by atoms with Gasteiger partial charge in [-0.2, -0.15) is 0 Å². The molecular formula is C27H35N3O3. The Balaban J connectivity index is 1.64. The molecule has 2 aromatic rings. The van der Waals surface area contributed by atoms with Crippen molar-refractivity contribution in [1.82, 2.24) is 14.8 Å². The third-order valence-electron chi connectivity index (χ3n) is 7.03. The van der Waals surface area contributed by atoms with Crippen molar-refractivity contribution in [1.29, 1.82) is 0 Å². The van der Waals surface area contributed by atoms with Crippen LogP contribution in [0.1, 0.15) is 45.1 Å². The van der Waals surface area contributed by atoms with E-state index in [9.17, 15) is 9.59 Å². The molecule has 0 radical (unpaired) electrons. The van der Waals surface area contributed by atoms with Crippen LogP contribution in [0.25, 0.3) is 11.1 Å². The summed E-state index contributed by atoms with van der Waals surface area (Å²) >= 11 is 0. The zero-order valence-corrected chi connectivity index (χ0v) is 19.8. The number of ether oxygens (including phenoxy) is 1. The van der Waals surface area contributed by atoms with Crippen LogP contribution in [0.15, 0.2) is 48.8 Å². The number of hydrogen-bond acceptors (Lipinski definition) is 4. The average Bonchev–Trinajstić information content (AvgIpc) is 3.40. The zero-order valence-electron chi connectivity index (χ0n) is 19.8. The SMILES string of the molecule is CCC(CC)C(=O)N1CCOC(Cc2cccc(-c3cccnc3)c2)(C(=O)N2CCCC2)C1. The highest BCUT2D eigenvalue weighted by molar-refractivity contribution is 5.88. The lowest BCUT2D eigenvalue weighted by Gasteiger charge is -2.44. The van der Waals surface area contributed by atoms with E-state index >= 15 is 0 Å². The van der Waals surface area contributed by atoms with Gasteiger partial charge in [0, 0.05) is 44.4 Å². The number of morpholine rings is 1. The Morgan fingerprint density at radius 1 is 1.03 bits per heavy atom. The number of rotatable bonds is 7. The number of hydrogen-bond donors (Lipinski definition) is 0. The Morgan fingerprint density at radius 3 is 2.48 bits per heavy atom. The van der Waals surface area contributed by atoms with E-state index in [-0.39, 0.29) is 17.7 Å². The summed E-state index contributed by atoms with van der Waals surface area (Å²) < 4.78 is 6.32. The van der Waals surface area contributed by atoms with E-state index in [0.29, 0.717) is 26.1 Å². The molecule has 1 aromatic heterocycles. The van der Waals surface area contributed by atoms with E-state index in [0.717, 1.165) is 55.5 Å². The molecule has 2 aliphatic rings. The van der Waals surface area contributed by atoms with Gasteiger partial charge in [-0.15, -0.1) is 0 Å². The molecule has 176 valence electrons. The molecule has 1 unspecified atom stereocenters. The van der Waals surface area contributed by atoms with Gasteiger partial charge >= 0.3 is 0 Å². The van der Waals surface area contributed by atoms with E-state index in [1.807, 2.05) is 40.3 Å². The van der Waals surface area contributed by atoms with Gasteiger partial charge < -0.3 is 14.5 Å². The van der Waals surface area contributed by atoms with Crippen LogP contribution < -0.4 is 0 Å². The van der Waals surface area contributed by atoms with Crippen molar-refractivity contribution in [2.45, 2.75) is 51.6 Å². The molecule has 6 nitrogen and oxygen atoms in total. The summed E-state index contributed by atoms with van der Waals surface area (Å²) in [5.74, 6) is 0.163. The lowest BCUT2D eigenvalue weighted by molar-refractivity contribution is -0.175. The Kier molecular flexibility index (Phi) is 7.43. The summed E-state index contributed by atoms with van der Waals surface area (Å²) in [6.45, 7) is 6.88. The van der Waals surface area contributed by atoms with Gasteiger partial charge in [-0.3, -0.25) is 14.6 Å². The predicted octanol–water partition coefficient (Wildman–Crippen LogP) is 3.95. The number of likely N-dealkylation sites (tertiary alicyclic amines) is 1. The molecule has 1 atom stereocenters. The molecule has 2 amide bonds. The first-order valence-electron chi connectivity index (χ1n) is 12.3. The molecule has 0 bridgehead atoms. The van der Waals surface area contributed by atoms with Gasteiger partial charge in [0.05, 0.1) is 13.2 Å². The predicted molar refractivity (Wildman–Crippen MR) is 129 cm³/mol. The van der Waals surface area contributed by atoms with Gasteiger partial charge in [0.2, 0.25) is 5.91 Å². The van der Waals surface area contributed by atoms with Crippen molar-refractivity contribution in [2.75, 3.05) is 32.8 Å². The number of carbonyl (C=O) groups excluding carboxylic acids is 2. The highest BCUT2D eigenvalue weighted by Crippen LogP contribution is 2.30. The molecule has 2 fully saturated rings. The van der Waals surface area contributed by atoms with E-state index in [4.69, 9.17) is 4.74 Å². The maximum absolute atomic E-state index is 13.8. The Hall–Kier alpha value is -2.73. The molecule has 33 heavy (non-hydrogen) atoms. The number of benzene rings is 1. The third kappa shape index (κ3) is 5.11. The van der Waals surface area contributed by atoms with Gasteiger partial charge in [0.1, 0.15) is 0 Å². The summed E-state index contributed by atoms with van der Waals surface area (Å²) in [6.07, 6.45) is 7.72. The molecule has 0 saturated carbocycles. The van der Waals surface area contributed by atoms with Crippen LogP contribution >= 0.6 is 0 Å². The second-order valence-electron chi connectivity index (χ2n) is 9.23. The highest BCUT2D eigenvalue weighted by Gasteiger charge is 2.48. The van der Waals surface area contributed by atoms with Crippen LogP contribution in [-0.4, -0.2) is 65.0 Å². The molecular weight excluding hydrogens is 414 g/mol. The first-order valence-corrected chi connectivity index (χ1v) is 12.3. The minimum atomic E-state index is -1.04. The lowest BCUT2D eigenvalue weighted by Crippen LogP contribution is -2.63. The van der Waals surface area contributed by atoms with E-state index in [1.165, 1.54) is 0 Å². The van der Waals surface area contributed by atoms with Crippen molar-refractivity contribution in [2.24, 2.45) is 5.92 Å². The quantitative estimate of drug-likeness (QED) is 0.642. The number of pyridine rings is 1. The van der Waals surface area contributed by atoms with E-state index < -0.39 is 5.60 Å². The number of amides is 2. The van der Waals surface area contributed by atoms with Gasteiger partial charge in [-0.1, -0.05) is 44.2 Å². The Bertz CT molecular complexity index is 954. The molecule has 6 heteroatoms. The standard InChI is InChI=1S/C27H35N3O3/c1-3-22(4-2)25(31)30-15-16-33-27(20-30,26(32)29-13-5-6-14-29)18-21-9-7-10-23(17-21)24-11-8-12-28-19-24/h7-12,17,19,22H,3-6,13-16,18,20H2,1-2H3. The minimum Gasteiger partial charge on any atom is -0.361 e. The van der Waals surface area contributed by atoms with E-state index in [2.05, 4.69) is 31.0 Å². The molecule has 4 rings (SSSR count). The summed E-state index contributed by atoms with van der Waals surface area (Å²) in [5.41, 5.74) is 2.08. The summed E-state index contributed by atoms with van der Waals surface area (Å²) in [4.78, 5) is 35.1. The zero-order chi connectivity index (χ0) is 23.3. The second kappa shape index (κ2) is 10.5. The third-order valence-corrected chi connectivity index (χ3v) is 7.03. The van der Waals surface area contributed by atoms with Crippen LogP contribution in [0.2, 0.25) is 0 Å². The average molecular weight is 450 g/mol. The summed E-state index contributed by atoms with van der Waals surface area (Å²) in [7, 11) is 0. The molecule has 2 aliphatic heterocycles. The maximum Gasteiger partial charge on any atom is 0.257 e. The van der Waals surface area contributed by atoms with Gasteiger partial charge in [0.25, 0.3) is 5.91 Å². The Morgan fingerprint density at radius 2 is 1.79 bits per heavy atom. The first kappa shape index (κ1) is 23.4. The van der Waals surface area contributed by atoms with Crippen LogP contribution in [0.4, 0.5) is 0 Å². The molecule has 0 aliphatic carbocycles. The topological polar surface area (TPSA) is 62.7 Å². The van der Waals surface area contributed by atoms with Crippen molar-refractivity contribution >= 4 is 11.8 Å². The molecule has 2 saturated heterocycles. The number of carbonyl (C=O) groups is 2. The molecule has 0 N–H and O–H groups in total. The number of nitrogens with zero attached hydrogens (tertiary/aromatic N) is 3. The fraction of sp³-hybridized carbons (Fsp3) is 0.519. The van der Waals surface area contributed by atoms with Crippen molar-refractivity contribution < 1.29 is 14.3 Å². The Labute approximate surface area is 196 Å². The lowest BCUT2D eigenvalue weighted by atomic mass is 9.88. The molecule has 3 heterocycles. The highest BCUT2D eigenvalue weighted by atomic mass is 16.5. The summed E-state index contributed by atoms with van der Waals surface area (Å²) in [6, 6.07) is 12.2. The number of aromatic nitrogens is 1. The normalized spacial score (nSPS) is 20.9. The van der Waals surface area contributed by atoms with Gasteiger partial charge in [0.15, 0.2) is 5.60 Å². The van der Waals surface area contributed by atoms with Crippen LogP contribution in [0.3, 0.4) is 0 Å². The van der Waals surface area contributed by atoms with Crippen molar-refractivity contribution in [3.8, 4) is 11.1 Å². The maximum atomic E-state index is 13.8. The molecule has 1 aromatic carbocycles. The minimum absolute atomic E-state index is 0.00315.